The number of alkyl halides is 3. The molecule has 0 N–H and O–H groups in total. The number of halogens is 3. The lowest BCUT2D eigenvalue weighted by molar-refractivity contribution is -0.145. The second-order valence-electron chi connectivity index (χ2n) is 8.48. The highest BCUT2D eigenvalue weighted by atomic mass is 19.4. The molecule has 1 aromatic carbocycles. The van der Waals surface area contributed by atoms with Gasteiger partial charge in [0.2, 0.25) is 17.6 Å². The summed E-state index contributed by atoms with van der Waals surface area (Å²) in [7, 11) is 0. The summed E-state index contributed by atoms with van der Waals surface area (Å²) in [4.78, 5) is 21.0. The first-order valence-corrected chi connectivity index (χ1v) is 10.8. The summed E-state index contributed by atoms with van der Waals surface area (Å²) in [5.74, 6) is -1.21. The van der Waals surface area contributed by atoms with Crippen molar-refractivity contribution >= 4 is 11.6 Å². The van der Waals surface area contributed by atoms with E-state index in [1.54, 1.807) is 11.1 Å². The Bertz CT molecular complexity index is 1220. The first-order valence-electron chi connectivity index (χ1n) is 10.8. The number of rotatable bonds is 4. The van der Waals surface area contributed by atoms with E-state index >= 15 is 0 Å². The number of benzene rings is 1. The van der Waals surface area contributed by atoms with Gasteiger partial charge >= 0.3 is 6.18 Å². The van der Waals surface area contributed by atoms with Gasteiger partial charge in [0.05, 0.1) is 17.9 Å². The smallest absolute Gasteiger partial charge is 0.438 e. The van der Waals surface area contributed by atoms with Crippen molar-refractivity contribution in [2.75, 3.05) is 4.90 Å². The van der Waals surface area contributed by atoms with Gasteiger partial charge in [-0.05, 0) is 44.7 Å². The minimum atomic E-state index is -4.69. The molecule has 0 radical (unpaired) electrons. The van der Waals surface area contributed by atoms with E-state index in [0.29, 0.717) is 35.9 Å². The van der Waals surface area contributed by atoms with Crippen molar-refractivity contribution in [3.63, 3.8) is 0 Å². The Morgan fingerprint density at radius 1 is 1.18 bits per heavy atom. The predicted octanol–water partition coefficient (Wildman–Crippen LogP) is 5.17. The number of fused-ring (bicyclic) bond motifs is 1. The van der Waals surface area contributed by atoms with Gasteiger partial charge in [-0.3, -0.25) is 9.48 Å². The molecule has 0 bridgehead atoms. The largest absolute Gasteiger partial charge is 0.451 e. The molecular formula is C23H22F3N5O2. The Kier molecular flexibility index (Phi) is 5.10. The molecule has 1 saturated carbocycles. The third-order valence-electron chi connectivity index (χ3n) is 6.01. The number of carbonyl (C=O) groups excluding carboxylic acids is 1. The van der Waals surface area contributed by atoms with E-state index in [-0.39, 0.29) is 17.8 Å². The van der Waals surface area contributed by atoms with E-state index in [9.17, 15) is 18.0 Å². The molecule has 1 atom stereocenters. The second kappa shape index (κ2) is 7.86. The highest BCUT2D eigenvalue weighted by Crippen LogP contribution is 2.45. The number of hydrogen-bond donors (Lipinski definition) is 0. The summed E-state index contributed by atoms with van der Waals surface area (Å²) in [5.41, 5.74) is 2.93. The minimum absolute atomic E-state index is 0.00204. The Balaban J connectivity index is 1.63. The van der Waals surface area contributed by atoms with Crippen LogP contribution in [0.1, 0.15) is 50.5 Å². The molecule has 3 heterocycles. The van der Waals surface area contributed by atoms with Crippen molar-refractivity contribution in [1.29, 1.82) is 0 Å². The van der Waals surface area contributed by atoms with E-state index in [4.69, 9.17) is 4.74 Å². The second-order valence-corrected chi connectivity index (χ2v) is 8.48. The van der Waals surface area contributed by atoms with Crippen LogP contribution >= 0.6 is 0 Å². The quantitative estimate of drug-likeness (QED) is 0.540. The lowest BCUT2D eigenvalue weighted by Gasteiger charge is -2.35. The zero-order valence-electron chi connectivity index (χ0n) is 18.1. The van der Waals surface area contributed by atoms with Crippen LogP contribution < -0.4 is 9.64 Å². The van der Waals surface area contributed by atoms with Gasteiger partial charge in [-0.25, -0.2) is 4.98 Å². The fourth-order valence-corrected chi connectivity index (χ4v) is 4.28. The third kappa shape index (κ3) is 4.05. The first kappa shape index (κ1) is 21.4. The van der Waals surface area contributed by atoms with E-state index in [1.165, 1.54) is 13.0 Å². The molecule has 0 spiro atoms. The molecule has 2 aromatic heterocycles. The van der Waals surface area contributed by atoms with E-state index in [1.807, 2.05) is 29.9 Å². The predicted molar refractivity (Wildman–Crippen MR) is 114 cm³/mol. The summed E-state index contributed by atoms with van der Waals surface area (Å²) in [6.07, 6.45) is 3.43. The molecule has 1 amide bonds. The number of amides is 1. The van der Waals surface area contributed by atoms with Crippen LogP contribution in [0.25, 0.3) is 11.1 Å². The minimum Gasteiger partial charge on any atom is -0.438 e. The number of carbonyl (C=O) groups is 1. The number of ether oxygens (including phenoxy) is 1. The molecule has 2 aliphatic rings. The summed E-state index contributed by atoms with van der Waals surface area (Å²) < 4.78 is 47.4. The molecule has 10 heteroatoms. The average Bonchev–Trinajstić information content (AvgIpc) is 3.50. The van der Waals surface area contributed by atoms with Crippen molar-refractivity contribution in [1.82, 2.24) is 19.7 Å². The third-order valence-corrected chi connectivity index (χ3v) is 6.01. The fourth-order valence-electron chi connectivity index (χ4n) is 4.28. The van der Waals surface area contributed by atoms with Crippen molar-refractivity contribution in [3.8, 4) is 22.8 Å². The van der Waals surface area contributed by atoms with Gasteiger partial charge < -0.3 is 9.64 Å². The fraction of sp³-hybridized carbons (Fsp3) is 0.391. The van der Waals surface area contributed by atoms with Crippen LogP contribution in [0.3, 0.4) is 0 Å². The molecule has 172 valence electrons. The lowest BCUT2D eigenvalue weighted by atomic mass is 9.92. The van der Waals surface area contributed by atoms with Crippen LogP contribution in [0.5, 0.6) is 11.6 Å². The van der Waals surface area contributed by atoms with E-state index in [0.717, 1.165) is 30.2 Å². The maximum atomic E-state index is 13.2. The molecule has 33 heavy (non-hydrogen) atoms. The molecule has 5 rings (SSSR count). The molecule has 1 fully saturated rings. The number of nitrogens with zero attached hydrogens (tertiary/aromatic N) is 5. The van der Waals surface area contributed by atoms with Crippen LogP contribution in [0.15, 0.2) is 36.8 Å². The zero-order valence-corrected chi connectivity index (χ0v) is 18.1. The van der Waals surface area contributed by atoms with Gasteiger partial charge in [0.15, 0.2) is 0 Å². The Labute approximate surface area is 188 Å². The molecule has 3 aromatic rings. The average molecular weight is 457 g/mol. The van der Waals surface area contributed by atoms with Crippen molar-refractivity contribution in [3.05, 3.63) is 48.2 Å². The first-order chi connectivity index (χ1) is 15.7. The molecule has 1 aliphatic heterocycles. The van der Waals surface area contributed by atoms with Crippen LogP contribution in [0, 0.1) is 0 Å². The van der Waals surface area contributed by atoms with Crippen LogP contribution in [0.4, 0.5) is 18.9 Å². The number of anilines is 1. The Hall–Kier alpha value is -3.43. The normalized spacial score (nSPS) is 18.2. The number of aromatic nitrogens is 4. The Morgan fingerprint density at radius 3 is 2.67 bits per heavy atom. The van der Waals surface area contributed by atoms with Crippen molar-refractivity contribution in [2.45, 2.75) is 57.8 Å². The van der Waals surface area contributed by atoms with Crippen molar-refractivity contribution in [2.24, 2.45) is 0 Å². The maximum absolute atomic E-state index is 13.2. The van der Waals surface area contributed by atoms with Crippen LogP contribution in [-0.2, 0) is 17.4 Å². The molecular weight excluding hydrogens is 435 g/mol. The summed E-state index contributed by atoms with van der Waals surface area (Å²) >= 11 is 0. The Morgan fingerprint density at radius 2 is 1.97 bits per heavy atom. The van der Waals surface area contributed by atoms with Crippen LogP contribution in [-0.4, -0.2) is 31.7 Å². The summed E-state index contributed by atoms with van der Waals surface area (Å²) in [5, 5.41) is 4.44. The van der Waals surface area contributed by atoms with Gasteiger partial charge in [-0.2, -0.15) is 23.3 Å². The van der Waals surface area contributed by atoms with E-state index < -0.39 is 12.0 Å². The molecule has 0 saturated heterocycles. The zero-order chi connectivity index (χ0) is 23.3. The van der Waals surface area contributed by atoms with Gasteiger partial charge in [-0.1, -0.05) is 0 Å². The van der Waals surface area contributed by atoms with Gasteiger partial charge in [0.25, 0.3) is 0 Å². The number of hydrogen-bond acceptors (Lipinski definition) is 5. The highest BCUT2D eigenvalue weighted by Gasteiger charge is 2.35. The topological polar surface area (TPSA) is 73.1 Å². The molecule has 1 unspecified atom stereocenters. The lowest BCUT2D eigenvalue weighted by Crippen LogP contribution is -2.40. The van der Waals surface area contributed by atoms with Gasteiger partial charge in [0, 0.05) is 48.1 Å². The highest BCUT2D eigenvalue weighted by molar-refractivity contribution is 5.95. The SMILES string of the molecule is CC(=O)N1c2ccc(-c3cnn(C4CC4)c3)c(Oc3ccnc(C(F)(F)F)n3)c2CCC1C. The standard InChI is InChI=1S/C23H22F3N5O2/c1-13-3-6-18-19(31(13)14(2)32)8-7-17(15-11-28-30(12-15)16-4-5-16)21(18)33-20-9-10-27-22(29-20)23(24,25)26/h7-13,16H,3-6H2,1-2H3. The van der Waals surface area contributed by atoms with E-state index in [2.05, 4.69) is 15.1 Å². The molecule has 1 aliphatic carbocycles. The summed E-state index contributed by atoms with van der Waals surface area (Å²) in [6, 6.07) is 5.36. The van der Waals surface area contributed by atoms with Gasteiger partial charge in [-0.15, -0.1) is 0 Å². The van der Waals surface area contributed by atoms with Crippen molar-refractivity contribution < 1.29 is 22.7 Å². The summed E-state index contributed by atoms with van der Waals surface area (Å²) in [6.45, 7) is 3.47. The molecule has 7 nitrogen and oxygen atoms in total. The van der Waals surface area contributed by atoms with Crippen LogP contribution in [0.2, 0.25) is 0 Å². The maximum Gasteiger partial charge on any atom is 0.451 e. The van der Waals surface area contributed by atoms with Gasteiger partial charge in [0.1, 0.15) is 5.75 Å². The monoisotopic (exact) mass is 457 g/mol.